The van der Waals surface area contributed by atoms with Gasteiger partial charge in [-0.25, -0.2) is 0 Å². The zero-order valence-electron chi connectivity index (χ0n) is 7.65. The van der Waals surface area contributed by atoms with Gasteiger partial charge >= 0.3 is 0 Å². The molecule has 1 amide bonds. The monoisotopic (exact) mass is 221 g/mol. The average molecular weight is 222 g/mol. The fourth-order valence-corrected chi connectivity index (χ4v) is 1.33. The maximum Gasteiger partial charge on any atom is 0.227 e. The van der Waals surface area contributed by atoms with Gasteiger partial charge in [-0.05, 0) is 0 Å². The first-order chi connectivity index (χ1) is 4.89. The Morgan fingerprint density at radius 1 is 1.45 bits per heavy atom. The Kier molecular flexibility index (Phi) is 4.08. The number of rotatable bonds is 2. The van der Waals surface area contributed by atoms with Gasteiger partial charge in [-0.2, -0.15) is 0 Å². The molecule has 2 nitrogen and oxygen atoms in total. The number of hydrogen-bond acceptors (Lipinski definition) is 1. The first-order valence-corrected chi connectivity index (χ1v) is 4.83. The van der Waals surface area contributed by atoms with Crippen molar-refractivity contribution in [3.63, 3.8) is 0 Å². The largest absolute Gasteiger partial charge is 0.344 e. The lowest BCUT2D eigenvalue weighted by molar-refractivity contribution is -0.137. The SMILES string of the molecule is CN(CCBr)C(=O)C(C)(C)C. The Labute approximate surface area is 77.1 Å². The van der Waals surface area contributed by atoms with Gasteiger partial charge in [0, 0.05) is 24.3 Å². The van der Waals surface area contributed by atoms with E-state index >= 15 is 0 Å². The number of carbonyl (C=O) groups is 1. The smallest absolute Gasteiger partial charge is 0.227 e. The summed E-state index contributed by atoms with van der Waals surface area (Å²) in [7, 11) is 1.83. The third-order valence-electron chi connectivity index (χ3n) is 1.41. The van der Waals surface area contributed by atoms with Gasteiger partial charge in [-0.15, -0.1) is 0 Å². The minimum atomic E-state index is -0.253. The summed E-state index contributed by atoms with van der Waals surface area (Å²) in [5.41, 5.74) is -0.253. The molecule has 0 aromatic heterocycles. The number of hydrogen-bond donors (Lipinski definition) is 0. The summed E-state index contributed by atoms with van der Waals surface area (Å²) >= 11 is 3.29. The normalized spacial score (nSPS) is 11.4. The van der Waals surface area contributed by atoms with E-state index in [1.165, 1.54) is 0 Å². The zero-order valence-corrected chi connectivity index (χ0v) is 9.23. The van der Waals surface area contributed by atoms with E-state index in [2.05, 4.69) is 15.9 Å². The van der Waals surface area contributed by atoms with Crippen molar-refractivity contribution in [3.8, 4) is 0 Å². The van der Waals surface area contributed by atoms with Gasteiger partial charge in [0.05, 0.1) is 0 Å². The predicted octanol–water partition coefficient (Wildman–Crippen LogP) is 1.89. The van der Waals surface area contributed by atoms with Gasteiger partial charge < -0.3 is 4.90 Å². The standard InChI is InChI=1S/C8H16BrNO/c1-8(2,3)7(11)10(4)6-5-9/h5-6H2,1-4H3. The van der Waals surface area contributed by atoms with Crippen LogP contribution in [0.15, 0.2) is 0 Å². The van der Waals surface area contributed by atoms with Crippen molar-refractivity contribution >= 4 is 21.8 Å². The number of nitrogens with zero attached hydrogens (tertiary/aromatic N) is 1. The van der Waals surface area contributed by atoms with Gasteiger partial charge in [0.1, 0.15) is 0 Å². The van der Waals surface area contributed by atoms with E-state index in [1.807, 2.05) is 27.8 Å². The lowest BCUT2D eigenvalue weighted by Gasteiger charge is -2.25. The third kappa shape index (κ3) is 3.75. The van der Waals surface area contributed by atoms with Gasteiger partial charge in [0.15, 0.2) is 0 Å². The summed E-state index contributed by atoms with van der Waals surface area (Å²) < 4.78 is 0. The second-order valence-electron chi connectivity index (χ2n) is 3.67. The van der Waals surface area contributed by atoms with Crippen molar-refractivity contribution in [1.82, 2.24) is 4.90 Å². The maximum absolute atomic E-state index is 11.5. The molecule has 3 heteroatoms. The van der Waals surface area contributed by atoms with Crippen molar-refractivity contribution in [2.75, 3.05) is 18.9 Å². The minimum absolute atomic E-state index is 0.192. The Bertz CT molecular complexity index is 140. The summed E-state index contributed by atoms with van der Waals surface area (Å²) in [6.45, 7) is 6.57. The van der Waals surface area contributed by atoms with E-state index in [1.54, 1.807) is 4.90 Å². The van der Waals surface area contributed by atoms with Crippen LogP contribution in [0.3, 0.4) is 0 Å². The van der Waals surface area contributed by atoms with Crippen LogP contribution in [-0.2, 0) is 4.79 Å². The van der Waals surface area contributed by atoms with E-state index in [0.717, 1.165) is 11.9 Å². The topological polar surface area (TPSA) is 20.3 Å². The molecule has 0 unspecified atom stereocenters. The fourth-order valence-electron chi connectivity index (χ4n) is 0.801. The molecule has 11 heavy (non-hydrogen) atoms. The first kappa shape index (κ1) is 11.0. The summed E-state index contributed by atoms with van der Waals surface area (Å²) in [6, 6.07) is 0. The highest BCUT2D eigenvalue weighted by Crippen LogP contribution is 2.15. The molecule has 0 bridgehead atoms. The van der Waals surface area contributed by atoms with Crippen LogP contribution >= 0.6 is 15.9 Å². The molecule has 0 saturated heterocycles. The average Bonchev–Trinajstić information content (AvgIpc) is 1.85. The Hall–Kier alpha value is -0.0500. The van der Waals surface area contributed by atoms with Gasteiger partial charge in [0.25, 0.3) is 0 Å². The number of carbonyl (C=O) groups excluding carboxylic acids is 1. The summed E-state index contributed by atoms with van der Waals surface area (Å²) in [5.74, 6) is 0.192. The van der Waals surface area contributed by atoms with Gasteiger partial charge in [-0.1, -0.05) is 36.7 Å². The van der Waals surface area contributed by atoms with E-state index in [-0.39, 0.29) is 11.3 Å². The van der Waals surface area contributed by atoms with Crippen LogP contribution in [0.4, 0.5) is 0 Å². The number of amides is 1. The summed E-state index contributed by atoms with van der Waals surface area (Å²) in [6.07, 6.45) is 0. The second kappa shape index (κ2) is 4.10. The van der Waals surface area contributed by atoms with E-state index in [0.29, 0.717) is 0 Å². The van der Waals surface area contributed by atoms with E-state index in [9.17, 15) is 4.79 Å². The zero-order chi connectivity index (χ0) is 9.07. The molecule has 0 aliphatic rings. The van der Waals surface area contributed by atoms with Crippen molar-refractivity contribution < 1.29 is 4.79 Å². The van der Waals surface area contributed by atoms with Gasteiger partial charge in [-0.3, -0.25) is 4.79 Å². The maximum atomic E-state index is 11.5. The van der Waals surface area contributed by atoms with Crippen LogP contribution in [-0.4, -0.2) is 29.7 Å². The quantitative estimate of drug-likeness (QED) is 0.653. The predicted molar refractivity (Wildman–Crippen MR) is 50.9 cm³/mol. The molecule has 0 saturated carbocycles. The highest BCUT2D eigenvalue weighted by Gasteiger charge is 2.24. The molecular formula is C8H16BrNO. The number of halogens is 1. The summed E-state index contributed by atoms with van der Waals surface area (Å²) in [5, 5.41) is 0.839. The highest BCUT2D eigenvalue weighted by molar-refractivity contribution is 9.09. The molecule has 0 atom stereocenters. The van der Waals surface area contributed by atoms with Crippen molar-refractivity contribution in [2.24, 2.45) is 5.41 Å². The van der Waals surface area contributed by atoms with Crippen LogP contribution in [0.2, 0.25) is 0 Å². The van der Waals surface area contributed by atoms with Gasteiger partial charge in [0.2, 0.25) is 5.91 Å². The molecule has 0 aliphatic carbocycles. The molecule has 0 radical (unpaired) electrons. The molecule has 0 heterocycles. The molecule has 0 aromatic rings. The Morgan fingerprint density at radius 3 is 2.18 bits per heavy atom. The van der Waals surface area contributed by atoms with Crippen LogP contribution in [0.25, 0.3) is 0 Å². The fraction of sp³-hybridized carbons (Fsp3) is 0.875. The van der Waals surface area contributed by atoms with Crippen LogP contribution in [0.5, 0.6) is 0 Å². The molecule has 0 aromatic carbocycles. The van der Waals surface area contributed by atoms with Crippen molar-refractivity contribution in [1.29, 1.82) is 0 Å². The summed E-state index contributed by atoms with van der Waals surface area (Å²) in [4.78, 5) is 13.2. The van der Waals surface area contributed by atoms with Crippen molar-refractivity contribution in [2.45, 2.75) is 20.8 Å². The Morgan fingerprint density at radius 2 is 1.91 bits per heavy atom. The molecule has 66 valence electrons. The molecule has 0 aliphatic heterocycles. The lowest BCUT2D eigenvalue weighted by Crippen LogP contribution is -2.37. The molecule has 0 fully saturated rings. The highest BCUT2D eigenvalue weighted by atomic mass is 79.9. The Balaban J connectivity index is 4.03. The molecule has 0 rings (SSSR count). The molecule has 0 N–H and O–H groups in total. The second-order valence-corrected chi connectivity index (χ2v) is 4.46. The number of alkyl halides is 1. The van der Waals surface area contributed by atoms with Crippen LogP contribution in [0, 0.1) is 5.41 Å². The van der Waals surface area contributed by atoms with Crippen molar-refractivity contribution in [3.05, 3.63) is 0 Å². The lowest BCUT2D eigenvalue weighted by atomic mass is 9.95. The molecular weight excluding hydrogens is 206 g/mol. The van der Waals surface area contributed by atoms with E-state index in [4.69, 9.17) is 0 Å². The van der Waals surface area contributed by atoms with E-state index < -0.39 is 0 Å². The van der Waals surface area contributed by atoms with Crippen LogP contribution < -0.4 is 0 Å². The minimum Gasteiger partial charge on any atom is -0.344 e. The third-order valence-corrected chi connectivity index (χ3v) is 1.76. The van der Waals surface area contributed by atoms with Crippen LogP contribution in [0.1, 0.15) is 20.8 Å². The first-order valence-electron chi connectivity index (χ1n) is 3.71. The molecule has 0 spiro atoms.